The summed E-state index contributed by atoms with van der Waals surface area (Å²) in [6.07, 6.45) is 5.03. The van der Waals surface area contributed by atoms with Crippen molar-refractivity contribution in [1.29, 1.82) is 0 Å². The van der Waals surface area contributed by atoms with Crippen molar-refractivity contribution in [3.63, 3.8) is 0 Å². The lowest BCUT2D eigenvalue weighted by atomic mass is 9.84. The van der Waals surface area contributed by atoms with Crippen molar-refractivity contribution in [2.75, 3.05) is 10.6 Å². The number of rotatable bonds is 8. The van der Waals surface area contributed by atoms with Gasteiger partial charge < -0.3 is 15.7 Å². The number of carboxylic acid groups (broad SMARTS) is 1. The van der Waals surface area contributed by atoms with Crippen LogP contribution in [0.1, 0.15) is 52.9 Å². The number of halogens is 2. The Bertz CT molecular complexity index is 1260. The molecule has 194 valence electrons. The quantitative estimate of drug-likeness (QED) is 0.237. The van der Waals surface area contributed by atoms with Gasteiger partial charge in [0.1, 0.15) is 11.0 Å². The summed E-state index contributed by atoms with van der Waals surface area (Å²) in [5.41, 5.74) is 1.50. The number of anilines is 2. The monoisotopic (exact) mass is 559 g/mol. The van der Waals surface area contributed by atoms with E-state index in [9.17, 15) is 19.5 Å². The number of carbonyl (C=O) groups excluding carboxylic acids is 2. The summed E-state index contributed by atoms with van der Waals surface area (Å²) in [6.45, 7) is 0. The lowest BCUT2D eigenvalue weighted by Crippen LogP contribution is -2.46. The van der Waals surface area contributed by atoms with Gasteiger partial charge in [-0.05, 0) is 42.5 Å². The van der Waals surface area contributed by atoms with Crippen LogP contribution in [0.4, 0.5) is 15.5 Å². The number of benzene rings is 2. The largest absolute Gasteiger partial charge is 0.480 e. The van der Waals surface area contributed by atoms with Crippen LogP contribution in [0.2, 0.25) is 10.0 Å². The number of amides is 3. The average molecular weight is 561 g/mol. The molecule has 1 atom stereocenters. The SMILES string of the molecule is O=C(Nc1sc(Cc2ccccc2)cc1C(=O)N[C@H](C(=O)O)C1CCCCC1)Nc1c(Cl)cccc1Cl. The summed E-state index contributed by atoms with van der Waals surface area (Å²) in [5, 5.41) is 18.8. The first kappa shape index (κ1) is 27.0. The van der Waals surface area contributed by atoms with Crippen molar-refractivity contribution in [3.8, 4) is 0 Å². The van der Waals surface area contributed by atoms with E-state index in [0.717, 1.165) is 42.5 Å². The topological polar surface area (TPSA) is 108 Å². The Kier molecular flexibility index (Phi) is 9.08. The lowest BCUT2D eigenvalue weighted by molar-refractivity contribution is -0.141. The molecule has 7 nitrogen and oxygen atoms in total. The molecule has 0 unspecified atom stereocenters. The van der Waals surface area contributed by atoms with E-state index in [2.05, 4.69) is 16.0 Å². The fourth-order valence-electron chi connectivity index (χ4n) is 4.52. The van der Waals surface area contributed by atoms with Crippen LogP contribution >= 0.6 is 34.5 Å². The molecule has 2 aromatic carbocycles. The van der Waals surface area contributed by atoms with Gasteiger partial charge >= 0.3 is 12.0 Å². The average Bonchev–Trinajstić information content (AvgIpc) is 3.27. The summed E-state index contributed by atoms with van der Waals surface area (Å²) in [4.78, 5) is 39.1. The van der Waals surface area contributed by atoms with E-state index < -0.39 is 23.9 Å². The van der Waals surface area contributed by atoms with Gasteiger partial charge in [-0.15, -0.1) is 11.3 Å². The van der Waals surface area contributed by atoms with Crippen LogP contribution in [0.5, 0.6) is 0 Å². The van der Waals surface area contributed by atoms with Crippen LogP contribution in [-0.4, -0.2) is 29.1 Å². The molecule has 1 aromatic heterocycles. The third-order valence-corrected chi connectivity index (χ3v) is 8.03. The summed E-state index contributed by atoms with van der Waals surface area (Å²) in [7, 11) is 0. The molecule has 4 rings (SSSR count). The predicted molar refractivity (Wildman–Crippen MR) is 148 cm³/mol. The zero-order chi connectivity index (χ0) is 26.4. The predicted octanol–water partition coefficient (Wildman–Crippen LogP) is 7.05. The molecular formula is C27H27Cl2N3O4S. The standard InChI is InChI=1S/C27H27Cl2N3O4S/c28-20-12-7-13-21(29)23(20)31-27(36)32-25-19(15-18(37-25)14-16-8-3-1-4-9-16)24(33)30-22(26(34)35)17-10-5-2-6-11-17/h1,3-4,7-9,12-13,15,17,22H,2,5-6,10-11,14H2,(H,30,33)(H,34,35)(H2,31,32,36)/t22-/m0/s1. The fraction of sp³-hybridized carbons (Fsp3) is 0.296. The van der Waals surface area contributed by atoms with Crippen LogP contribution in [-0.2, 0) is 11.2 Å². The van der Waals surface area contributed by atoms with Gasteiger partial charge in [-0.3, -0.25) is 10.1 Å². The molecule has 4 N–H and O–H groups in total. The molecule has 0 bridgehead atoms. The zero-order valence-corrected chi connectivity index (χ0v) is 22.3. The maximum absolute atomic E-state index is 13.4. The number of para-hydroxylation sites is 1. The highest BCUT2D eigenvalue weighted by Gasteiger charge is 2.32. The van der Waals surface area contributed by atoms with Crippen molar-refractivity contribution in [3.05, 3.63) is 80.6 Å². The maximum atomic E-state index is 13.4. The Labute approximate surface area is 229 Å². The van der Waals surface area contributed by atoms with Crippen molar-refractivity contribution in [2.24, 2.45) is 5.92 Å². The van der Waals surface area contributed by atoms with Crippen LogP contribution in [0.25, 0.3) is 0 Å². The molecule has 0 aliphatic heterocycles. The molecule has 10 heteroatoms. The molecule has 1 aliphatic rings. The van der Waals surface area contributed by atoms with Gasteiger partial charge in [-0.2, -0.15) is 0 Å². The van der Waals surface area contributed by atoms with Gasteiger partial charge in [0.2, 0.25) is 0 Å². The second kappa shape index (κ2) is 12.4. The number of hydrogen-bond acceptors (Lipinski definition) is 4. The van der Waals surface area contributed by atoms with Crippen molar-refractivity contribution >= 4 is 63.1 Å². The van der Waals surface area contributed by atoms with E-state index in [4.69, 9.17) is 23.2 Å². The smallest absolute Gasteiger partial charge is 0.326 e. The first-order valence-corrected chi connectivity index (χ1v) is 13.6. The van der Waals surface area contributed by atoms with E-state index in [1.807, 2.05) is 30.3 Å². The van der Waals surface area contributed by atoms with Gasteiger partial charge in [0.15, 0.2) is 0 Å². The van der Waals surface area contributed by atoms with E-state index >= 15 is 0 Å². The van der Waals surface area contributed by atoms with Gasteiger partial charge in [0, 0.05) is 11.3 Å². The lowest BCUT2D eigenvalue weighted by Gasteiger charge is -2.28. The number of hydrogen-bond donors (Lipinski definition) is 4. The first-order chi connectivity index (χ1) is 17.8. The third-order valence-electron chi connectivity index (χ3n) is 6.35. The number of carboxylic acids is 1. The Morgan fingerprint density at radius 2 is 1.62 bits per heavy atom. The highest BCUT2D eigenvalue weighted by Crippen LogP contribution is 2.33. The minimum atomic E-state index is -1.05. The Hall–Kier alpha value is -3.07. The first-order valence-electron chi connectivity index (χ1n) is 12.0. The van der Waals surface area contributed by atoms with E-state index in [0.29, 0.717) is 11.4 Å². The third kappa shape index (κ3) is 7.03. The molecular weight excluding hydrogens is 533 g/mol. The molecule has 1 saturated carbocycles. The van der Waals surface area contributed by atoms with Gasteiger partial charge in [0.05, 0.1) is 21.3 Å². The van der Waals surface area contributed by atoms with Crippen LogP contribution < -0.4 is 16.0 Å². The maximum Gasteiger partial charge on any atom is 0.326 e. The number of urea groups is 1. The van der Waals surface area contributed by atoms with Gasteiger partial charge in [0.25, 0.3) is 5.91 Å². The van der Waals surface area contributed by atoms with E-state index in [1.54, 1.807) is 24.3 Å². The fourth-order valence-corrected chi connectivity index (χ4v) is 6.10. The van der Waals surface area contributed by atoms with Crippen LogP contribution in [0.3, 0.4) is 0 Å². The molecule has 1 aliphatic carbocycles. The van der Waals surface area contributed by atoms with Crippen molar-refractivity contribution < 1.29 is 19.5 Å². The number of thiophene rings is 1. The minimum Gasteiger partial charge on any atom is -0.480 e. The van der Waals surface area contributed by atoms with Gasteiger partial charge in [-0.1, -0.05) is 78.9 Å². The molecule has 0 spiro atoms. The Balaban J connectivity index is 1.58. The molecule has 3 aromatic rings. The normalized spacial score (nSPS) is 14.5. The van der Waals surface area contributed by atoms with Gasteiger partial charge in [-0.25, -0.2) is 9.59 Å². The van der Waals surface area contributed by atoms with Crippen molar-refractivity contribution in [1.82, 2.24) is 5.32 Å². The second-order valence-corrected chi connectivity index (χ2v) is 10.9. The van der Waals surface area contributed by atoms with E-state index in [1.165, 1.54) is 11.3 Å². The molecule has 37 heavy (non-hydrogen) atoms. The molecule has 0 saturated heterocycles. The Morgan fingerprint density at radius 1 is 0.946 bits per heavy atom. The summed E-state index contributed by atoms with van der Waals surface area (Å²) in [5.74, 6) is -1.72. The number of nitrogens with one attached hydrogen (secondary N) is 3. The Morgan fingerprint density at radius 3 is 2.27 bits per heavy atom. The van der Waals surface area contributed by atoms with Crippen molar-refractivity contribution in [2.45, 2.75) is 44.6 Å². The molecule has 3 amide bonds. The highest BCUT2D eigenvalue weighted by atomic mass is 35.5. The molecule has 1 fully saturated rings. The number of aliphatic carboxylic acids is 1. The zero-order valence-electron chi connectivity index (χ0n) is 19.9. The summed E-state index contributed by atoms with van der Waals surface area (Å²) < 4.78 is 0. The minimum absolute atomic E-state index is 0.125. The van der Waals surface area contributed by atoms with E-state index in [-0.39, 0.29) is 27.2 Å². The number of carbonyl (C=O) groups is 3. The molecule has 0 radical (unpaired) electrons. The molecule has 1 heterocycles. The highest BCUT2D eigenvalue weighted by molar-refractivity contribution is 7.16. The second-order valence-electron chi connectivity index (χ2n) is 8.98. The summed E-state index contributed by atoms with van der Waals surface area (Å²) >= 11 is 13.6. The van der Waals surface area contributed by atoms with Crippen LogP contribution in [0.15, 0.2) is 54.6 Å². The summed E-state index contributed by atoms with van der Waals surface area (Å²) in [6, 6.07) is 14.7. The van der Waals surface area contributed by atoms with Crippen LogP contribution in [0, 0.1) is 5.92 Å².